The Balaban J connectivity index is 1.77. The van der Waals surface area contributed by atoms with E-state index in [1.54, 1.807) is 0 Å². The Morgan fingerprint density at radius 1 is 0.871 bits per heavy atom. The minimum absolute atomic E-state index is 0.0385. The Hall–Kier alpha value is -3.40. The average molecular weight is 412 g/mol. The fourth-order valence-electron chi connectivity index (χ4n) is 4.25. The van der Waals surface area contributed by atoms with Crippen LogP contribution in [0.1, 0.15) is 39.1 Å². The SMILES string of the molecule is Cc1cc(C)c(NC(=O)Cc2c(-c3ccc(C)c(C)c3)nc3c(C)cccn23)c(C)c1. The zero-order chi connectivity index (χ0) is 22.3. The van der Waals surface area contributed by atoms with E-state index in [1.807, 2.05) is 30.5 Å². The van der Waals surface area contributed by atoms with Gasteiger partial charge in [0.15, 0.2) is 0 Å². The molecule has 0 saturated carbocycles. The van der Waals surface area contributed by atoms with Crippen LogP contribution in [0.15, 0.2) is 48.7 Å². The monoisotopic (exact) mass is 411 g/mol. The van der Waals surface area contributed by atoms with Gasteiger partial charge in [-0.2, -0.15) is 0 Å². The van der Waals surface area contributed by atoms with Gasteiger partial charge in [-0.25, -0.2) is 4.98 Å². The molecular weight excluding hydrogens is 382 g/mol. The molecule has 0 aliphatic rings. The first-order valence-corrected chi connectivity index (χ1v) is 10.7. The fourth-order valence-corrected chi connectivity index (χ4v) is 4.25. The van der Waals surface area contributed by atoms with Gasteiger partial charge >= 0.3 is 0 Å². The molecule has 4 aromatic rings. The molecule has 0 radical (unpaired) electrons. The van der Waals surface area contributed by atoms with Crippen LogP contribution in [0, 0.1) is 41.5 Å². The van der Waals surface area contributed by atoms with Crippen molar-refractivity contribution in [3.8, 4) is 11.3 Å². The second kappa shape index (κ2) is 8.03. The van der Waals surface area contributed by atoms with E-state index < -0.39 is 0 Å². The molecule has 2 aromatic heterocycles. The van der Waals surface area contributed by atoms with Crippen molar-refractivity contribution in [2.75, 3.05) is 5.32 Å². The number of nitrogens with zero attached hydrogens (tertiary/aromatic N) is 2. The van der Waals surface area contributed by atoms with Crippen LogP contribution >= 0.6 is 0 Å². The van der Waals surface area contributed by atoms with Crippen LogP contribution in [0.2, 0.25) is 0 Å². The summed E-state index contributed by atoms with van der Waals surface area (Å²) in [5, 5.41) is 3.14. The maximum Gasteiger partial charge on any atom is 0.230 e. The third kappa shape index (κ3) is 3.98. The van der Waals surface area contributed by atoms with Crippen molar-refractivity contribution in [2.45, 2.75) is 48.0 Å². The Morgan fingerprint density at radius 2 is 1.58 bits per heavy atom. The Labute approximate surface area is 184 Å². The third-order valence-electron chi connectivity index (χ3n) is 5.99. The largest absolute Gasteiger partial charge is 0.325 e. The van der Waals surface area contributed by atoms with E-state index in [2.05, 4.69) is 69.4 Å². The second-order valence-electron chi connectivity index (χ2n) is 8.59. The highest BCUT2D eigenvalue weighted by atomic mass is 16.1. The van der Waals surface area contributed by atoms with E-state index >= 15 is 0 Å². The molecule has 0 atom stereocenters. The number of hydrogen-bond donors (Lipinski definition) is 1. The molecule has 0 aliphatic carbocycles. The molecule has 0 aliphatic heterocycles. The molecule has 4 rings (SSSR count). The fraction of sp³-hybridized carbons (Fsp3) is 0.259. The van der Waals surface area contributed by atoms with E-state index in [-0.39, 0.29) is 12.3 Å². The number of carbonyl (C=O) groups excluding carboxylic acids is 1. The summed E-state index contributed by atoms with van der Waals surface area (Å²) in [5.41, 5.74) is 11.5. The van der Waals surface area contributed by atoms with Crippen molar-refractivity contribution in [3.05, 3.63) is 87.7 Å². The van der Waals surface area contributed by atoms with Gasteiger partial charge in [0.05, 0.1) is 17.8 Å². The number of nitrogens with one attached hydrogen (secondary N) is 1. The lowest BCUT2D eigenvalue weighted by atomic mass is 10.0. The van der Waals surface area contributed by atoms with E-state index in [0.29, 0.717) is 0 Å². The van der Waals surface area contributed by atoms with Crippen LogP contribution in [-0.4, -0.2) is 15.3 Å². The molecule has 31 heavy (non-hydrogen) atoms. The maximum absolute atomic E-state index is 13.2. The number of aryl methyl sites for hydroxylation is 6. The zero-order valence-electron chi connectivity index (χ0n) is 19.1. The summed E-state index contributed by atoms with van der Waals surface area (Å²) in [6.07, 6.45) is 2.24. The predicted molar refractivity (Wildman–Crippen MR) is 128 cm³/mol. The van der Waals surface area contributed by atoms with Gasteiger partial charge in [-0.1, -0.05) is 35.9 Å². The van der Waals surface area contributed by atoms with Gasteiger partial charge in [0.1, 0.15) is 5.65 Å². The average Bonchev–Trinajstić information content (AvgIpc) is 3.06. The summed E-state index contributed by atoms with van der Waals surface area (Å²) < 4.78 is 2.05. The molecule has 4 heteroatoms. The van der Waals surface area contributed by atoms with Gasteiger partial charge in [-0.05, 0) is 81.5 Å². The summed E-state index contributed by atoms with van der Waals surface area (Å²) in [6.45, 7) is 12.4. The Kier molecular flexibility index (Phi) is 5.40. The summed E-state index contributed by atoms with van der Waals surface area (Å²) in [7, 11) is 0. The number of pyridine rings is 1. The predicted octanol–water partition coefficient (Wildman–Crippen LogP) is 6.03. The number of rotatable bonds is 4. The zero-order valence-corrected chi connectivity index (χ0v) is 19.1. The van der Waals surface area contributed by atoms with Crippen molar-refractivity contribution >= 4 is 17.2 Å². The van der Waals surface area contributed by atoms with Crippen molar-refractivity contribution in [3.63, 3.8) is 0 Å². The second-order valence-corrected chi connectivity index (χ2v) is 8.59. The van der Waals surface area contributed by atoms with Gasteiger partial charge in [0.25, 0.3) is 0 Å². The minimum Gasteiger partial charge on any atom is -0.325 e. The van der Waals surface area contributed by atoms with Crippen LogP contribution in [-0.2, 0) is 11.2 Å². The van der Waals surface area contributed by atoms with Crippen LogP contribution in [0.3, 0.4) is 0 Å². The number of carbonyl (C=O) groups is 1. The van der Waals surface area contributed by atoms with Crippen molar-refractivity contribution in [1.82, 2.24) is 9.38 Å². The quantitative estimate of drug-likeness (QED) is 0.445. The third-order valence-corrected chi connectivity index (χ3v) is 5.99. The first-order chi connectivity index (χ1) is 14.7. The normalized spacial score (nSPS) is 11.2. The summed E-state index contributed by atoms with van der Waals surface area (Å²) in [5.74, 6) is -0.0385. The number of aromatic nitrogens is 2. The van der Waals surface area contributed by atoms with Gasteiger partial charge in [0.2, 0.25) is 5.91 Å². The molecule has 158 valence electrons. The molecule has 0 spiro atoms. The molecule has 0 bridgehead atoms. The molecule has 2 aromatic carbocycles. The number of hydrogen-bond acceptors (Lipinski definition) is 2. The minimum atomic E-state index is -0.0385. The van der Waals surface area contributed by atoms with Crippen molar-refractivity contribution < 1.29 is 4.79 Å². The first-order valence-electron chi connectivity index (χ1n) is 10.7. The molecule has 4 nitrogen and oxygen atoms in total. The van der Waals surface area contributed by atoms with Gasteiger partial charge in [-0.3, -0.25) is 4.79 Å². The van der Waals surface area contributed by atoms with Crippen LogP contribution < -0.4 is 5.32 Å². The summed E-state index contributed by atoms with van der Waals surface area (Å²) in [6, 6.07) is 14.6. The first kappa shape index (κ1) is 20.9. The van der Waals surface area contributed by atoms with Crippen molar-refractivity contribution in [1.29, 1.82) is 0 Å². The highest BCUT2D eigenvalue weighted by molar-refractivity contribution is 5.94. The molecule has 1 N–H and O–H groups in total. The van der Waals surface area contributed by atoms with Gasteiger partial charge in [-0.15, -0.1) is 0 Å². The lowest BCUT2D eigenvalue weighted by molar-refractivity contribution is -0.115. The van der Waals surface area contributed by atoms with Crippen LogP contribution in [0.25, 0.3) is 16.9 Å². The lowest BCUT2D eigenvalue weighted by Gasteiger charge is -2.13. The van der Waals surface area contributed by atoms with E-state index in [9.17, 15) is 4.79 Å². The summed E-state index contributed by atoms with van der Waals surface area (Å²) >= 11 is 0. The van der Waals surface area contributed by atoms with E-state index in [1.165, 1.54) is 16.7 Å². The molecule has 1 amide bonds. The van der Waals surface area contributed by atoms with Crippen LogP contribution in [0.4, 0.5) is 5.69 Å². The highest BCUT2D eigenvalue weighted by Gasteiger charge is 2.19. The van der Waals surface area contributed by atoms with Crippen molar-refractivity contribution in [2.24, 2.45) is 0 Å². The maximum atomic E-state index is 13.2. The molecular formula is C27H29N3O. The lowest BCUT2D eigenvalue weighted by Crippen LogP contribution is -2.17. The topological polar surface area (TPSA) is 46.4 Å². The number of imidazole rings is 1. The van der Waals surface area contributed by atoms with E-state index in [4.69, 9.17) is 4.98 Å². The number of amides is 1. The number of fused-ring (bicyclic) bond motifs is 1. The summed E-state index contributed by atoms with van der Waals surface area (Å²) in [4.78, 5) is 18.1. The van der Waals surface area contributed by atoms with Gasteiger partial charge < -0.3 is 9.72 Å². The van der Waals surface area contributed by atoms with Crippen LogP contribution in [0.5, 0.6) is 0 Å². The Morgan fingerprint density at radius 3 is 2.26 bits per heavy atom. The molecule has 0 unspecified atom stereocenters. The highest BCUT2D eigenvalue weighted by Crippen LogP contribution is 2.29. The smallest absolute Gasteiger partial charge is 0.230 e. The number of benzene rings is 2. The molecule has 0 saturated heterocycles. The standard InChI is InChI=1S/C27H29N3O/c1-16-12-20(5)25(21(6)13-16)28-24(31)15-23-26(22-10-9-17(2)19(4)14-22)29-27-18(3)8-7-11-30(23)27/h7-14H,15H2,1-6H3,(H,28,31). The molecule has 0 fully saturated rings. The Bertz CT molecular complexity index is 1290. The van der Waals surface area contributed by atoms with Gasteiger partial charge in [0, 0.05) is 17.4 Å². The van der Waals surface area contributed by atoms with E-state index in [0.717, 1.165) is 45.0 Å². The molecule has 2 heterocycles. The number of anilines is 1.